The van der Waals surface area contributed by atoms with Crippen molar-refractivity contribution in [3.05, 3.63) is 89.4 Å². The van der Waals surface area contributed by atoms with Gasteiger partial charge < -0.3 is 15.4 Å². The number of nitrogens with one attached hydrogen (secondary N) is 1. The highest BCUT2D eigenvalue weighted by molar-refractivity contribution is 6.59. The third-order valence-corrected chi connectivity index (χ3v) is 4.16. The quantitative estimate of drug-likeness (QED) is 0.441. The molecule has 0 aliphatic carbocycles. The maximum Gasteiger partial charge on any atom is 0.488 e. The number of carbonyl (C=O) groups excluding carboxylic acids is 1. The summed E-state index contributed by atoms with van der Waals surface area (Å²) in [7, 11) is -1.54. The molecule has 0 aliphatic heterocycles. The zero-order valence-electron chi connectivity index (χ0n) is 14.5. The van der Waals surface area contributed by atoms with E-state index >= 15 is 0 Å². The minimum Gasteiger partial charge on any atom is -0.423 e. The van der Waals surface area contributed by atoms with Gasteiger partial charge in [0.1, 0.15) is 11.6 Å². The highest BCUT2D eigenvalue weighted by Crippen LogP contribution is 2.11. The monoisotopic (exact) mass is 364 g/mol. The predicted molar refractivity (Wildman–Crippen MR) is 102 cm³/mol. The number of hydrogen-bond donors (Lipinski definition) is 3. The minimum absolute atomic E-state index is 0.102. The van der Waals surface area contributed by atoms with Crippen molar-refractivity contribution in [2.75, 3.05) is 5.32 Å². The molecule has 0 fully saturated rings. The number of anilines is 1. The van der Waals surface area contributed by atoms with Crippen LogP contribution in [0.2, 0.25) is 0 Å². The van der Waals surface area contributed by atoms with Crippen LogP contribution in [0, 0.1) is 5.82 Å². The van der Waals surface area contributed by atoms with Crippen molar-refractivity contribution < 1.29 is 19.2 Å². The average Bonchev–Trinajstić information content (AvgIpc) is 2.68. The van der Waals surface area contributed by atoms with E-state index in [4.69, 9.17) is 0 Å². The first kappa shape index (κ1) is 18.8. The van der Waals surface area contributed by atoms with E-state index in [2.05, 4.69) is 10.3 Å². The van der Waals surface area contributed by atoms with Gasteiger partial charge in [-0.05, 0) is 40.9 Å². The summed E-state index contributed by atoms with van der Waals surface area (Å²) in [6.07, 6.45) is 1.66. The van der Waals surface area contributed by atoms with Crippen LogP contribution in [0.1, 0.15) is 21.5 Å². The summed E-state index contributed by atoms with van der Waals surface area (Å²) in [4.78, 5) is 16.5. The van der Waals surface area contributed by atoms with Crippen LogP contribution in [-0.4, -0.2) is 27.9 Å². The van der Waals surface area contributed by atoms with Gasteiger partial charge in [0.15, 0.2) is 5.78 Å². The molecule has 1 aromatic heterocycles. The predicted octanol–water partition coefficient (Wildman–Crippen LogP) is 1.94. The summed E-state index contributed by atoms with van der Waals surface area (Å²) < 4.78 is 12.9. The molecule has 7 heteroatoms. The molecule has 0 amide bonds. The van der Waals surface area contributed by atoms with Crippen LogP contribution in [0.25, 0.3) is 0 Å². The highest BCUT2D eigenvalue weighted by Gasteiger charge is 2.15. The second-order valence-corrected chi connectivity index (χ2v) is 6.08. The Balaban J connectivity index is 1.62. The number of hydrogen-bond acceptors (Lipinski definition) is 5. The average molecular weight is 364 g/mol. The number of ketones is 1. The molecule has 0 unspecified atom stereocenters. The molecule has 0 radical (unpaired) electrons. The standard InChI is InChI=1S/C20H18BFN2O3/c22-17-8-5-14(6-9-17)11-19(25)16-7-10-20(24-13-16)23-12-15-3-1-2-4-18(15)21(26)27/h1-10,13,26-27H,11-12H2,(H,23,24). The van der Waals surface area contributed by atoms with E-state index in [9.17, 15) is 19.2 Å². The lowest BCUT2D eigenvalue weighted by atomic mass is 9.77. The van der Waals surface area contributed by atoms with Gasteiger partial charge in [-0.15, -0.1) is 0 Å². The molecule has 0 bridgehead atoms. The van der Waals surface area contributed by atoms with Gasteiger partial charge in [-0.1, -0.05) is 36.4 Å². The Kier molecular flexibility index (Phi) is 5.96. The molecule has 3 N–H and O–H groups in total. The van der Waals surface area contributed by atoms with Gasteiger partial charge in [0.2, 0.25) is 0 Å². The largest absolute Gasteiger partial charge is 0.488 e. The number of carbonyl (C=O) groups is 1. The van der Waals surface area contributed by atoms with Gasteiger partial charge in [-0.25, -0.2) is 9.37 Å². The fourth-order valence-corrected chi connectivity index (χ4v) is 2.69. The van der Waals surface area contributed by atoms with Crippen LogP contribution in [0.15, 0.2) is 66.9 Å². The third-order valence-electron chi connectivity index (χ3n) is 4.16. The van der Waals surface area contributed by atoms with Crippen LogP contribution in [-0.2, 0) is 13.0 Å². The van der Waals surface area contributed by atoms with Crippen molar-refractivity contribution >= 4 is 24.2 Å². The van der Waals surface area contributed by atoms with E-state index in [0.29, 0.717) is 23.4 Å². The van der Waals surface area contributed by atoms with E-state index in [-0.39, 0.29) is 18.0 Å². The fraction of sp³-hybridized carbons (Fsp3) is 0.100. The van der Waals surface area contributed by atoms with E-state index in [0.717, 1.165) is 11.1 Å². The topological polar surface area (TPSA) is 82.5 Å². The molecule has 0 aliphatic rings. The van der Waals surface area contributed by atoms with Crippen LogP contribution < -0.4 is 10.8 Å². The SMILES string of the molecule is O=C(Cc1ccc(F)cc1)c1ccc(NCc2ccccc2B(O)O)nc1. The van der Waals surface area contributed by atoms with Crippen molar-refractivity contribution in [3.8, 4) is 0 Å². The second kappa shape index (κ2) is 8.57. The lowest BCUT2D eigenvalue weighted by Gasteiger charge is -2.10. The first-order chi connectivity index (χ1) is 13.0. The van der Waals surface area contributed by atoms with E-state index in [1.54, 1.807) is 42.5 Å². The Morgan fingerprint density at radius 1 is 1.04 bits per heavy atom. The van der Waals surface area contributed by atoms with E-state index in [1.807, 2.05) is 6.07 Å². The molecule has 136 valence electrons. The van der Waals surface area contributed by atoms with Crippen molar-refractivity contribution in [2.45, 2.75) is 13.0 Å². The Hall–Kier alpha value is -3.03. The molecule has 0 spiro atoms. The lowest BCUT2D eigenvalue weighted by Crippen LogP contribution is -2.33. The highest BCUT2D eigenvalue weighted by atomic mass is 19.1. The van der Waals surface area contributed by atoms with Gasteiger partial charge in [0.05, 0.1) is 0 Å². The zero-order chi connectivity index (χ0) is 19.2. The number of rotatable bonds is 7. The zero-order valence-corrected chi connectivity index (χ0v) is 14.5. The second-order valence-electron chi connectivity index (χ2n) is 6.08. The van der Waals surface area contributed by atoms with Gasteiger partial charge in [0, 0.05) is 24.7 Å². The van der Waals surface area contributed by atoms with Gasteiger partial charge in [-0.3, -0.25) is 4.79 Å². The Morgan fingerprint density at radius 2 is 1.78 bits per heavy atom. The Labute approximate surface area is 156 Å². The summed E-state index contributed by atoms with van der Waals surface area (Å²) in [6.45, 7) is 0.365. The number of nitrogens with zero attached hydrogens (tertiary/aromatic N) is 1. The number of Topliss-reactive ketones (excluding diaryl/α,β-unsaturated/α-hetero) is 1. The van der Waals surface area contributed by atoms with E-state index < -0.39 is 7.12 Å². The molecule has 5 nitrogen and oxygen atoms in total. The molecule has 3 aromatic rings. The van der Waals surface area contributed by atoms with Crippen molar-refractivity contribution in [1.29, 1.82) is 0 Å². The van der Waals surface area contributed by atoms with Gasteiger partial charge in [-0.2, -0.15) is 0 Å². The number of aromatic nitrogens is 1. The maximum atomic E-state index is 12.9. The van der Waals surface area contributed by atoms with Crippen LogP contribution in [0.4, 0.5) is 10.2 Å². The summed E-state index contributed by atoms with van der Waals surface area (Å²) >= 11 is 0. The maximum absolute atomic E-state index is 12.9. The van der Waals surface area contributed by atoms with Crippen LogP contribution >= 0.6 is 0 Å². The molecule has 27 heavy (non-hydrogen) atoms. The Morgan fingerprint density at radius 3 is 2.44 bits per heavy atom. The van der Waals surface area contributed by atoms with Crippen LogP contribution in [0.3, 0.4) is 0 Å². The van der Waals surface area contributed by atoms with Gasteiger partial charge in [0.25, 0.3) is 0 Å². The first-order valence-electron chi connectivity index (χ1n) is 8.44. The molecular weight excluding hydrogens is 346 g/mol. The van der Waals surface area contributed by atoms with Crippen LogP contribution in [0.5, 0.6) is 0 Å². The molecule has 1 heterocycles. The first-order valence-corrected chi connectivity index (χ1v) is 8.44. The smallest absolute Gasteiger partial charge is 0.423 e. The summed E-state index contributed by atoms with van der Waals surface area (Å²) in [6, 6.07) is 16.2. The molecular formula is C20H18BFN2O3. The molecule has 0 atom stereocenters. The van der Waals surface area contributed by atoms with Crippen molar-refractivity contribution in [2.24, 2.45) is 0 Å². The molecule has 0 saturated carbocycles. The van der Waals surface area contributed by atoms with Crippen molar-refractivity contribution in [3.63, 3.8) is 0 Å². The summed E-state index contributed by atoms with van der Waals surface area (Å²) in [5.74, 6) is 0.128. The molecule has 3 rings (SSSR count). The van der Waals surface area contributed by atoms with Crippen molar-refractivity contribution in [1.82, 2.24) is 4.98 Å². The number of benzene rings is 2. The summed E-state index contributed by atoms with van der Waals surface area (Å²) in [5, 5.41) is 21.9. The Bertz CT molecular complexity index is 915. The number of pyridine rings is 1. The van der Waals surface area contributed by atoms with E-state index in [1.165, 1.54) is 18.3 Å². The molecule has 2 aromatic carbocycles. The normalized spacial score (nSPS) is 10.5. The van der Waals surface area contributed by atoms with Gasteiger partial charge >= 0.3 is 7.12 Å². The lowest BCUT2D eigenvalue weighted by molar-refractivity contribution is 0.0992. The summed E-state index contributed by atoms with van der Waals surface area (Å²) in [5.41, 5.74) is 2.38. The minimum atomic E-state index is -1.54. The number of halogens is 1. The third kappa shape index (κ3) is 5.00. The fourth-order valence-electron chi connectivity index (χ4n) is 2.69. The molecule has 0 saturated heterocycles.